The van der Waals surface area contributed by atoms with E-state index in [1.54, 1.807) is 0 Å². The van der Waals surface area contributed by atoms with E-state index in [0.717, 1.165) is 6.07 Å². The minimum atomic E-state index is -3.83. The van der Waals surface area contributed by atoms with Crippen LogP contribution in [0.2, 0.25) is 0 Å². The van der Waals surface area contributed by atoms with Crippen molar-refractivity contribution in [2.45, 2.75) is 0 Å². The number of rotatable bonds is 3. The van der Waals surface area contributed by atoms with Crippen molar-refractivity contribution < 1.29 is 17.2 Å². The molecule has 1 fully saturated rings. The van der Waals surface area contributed by atoms with Crippen LogP contribution in [0.1, 0.15) is 0 Å². The number of benzene rings is 1. The number of anilines is 1. The molecular weight excluding hydrogens is 344 g/mol. The summed E-state index contributed by atoms with van der Waals surface area (Å²) >= 11 is 2.88. The van der Waals surface area contributed by atoms with E-state index in [1.165, 1.54) is 4.31 Å². The van der Waals surface area contributed by atoms with Gasteiger partial charge in [-0.15, -0.1) is 0 Å². The van der Waals surface area contributed by atoms with Gasteiger partial charge < -0.3 is 5.32 Å². The summed E-state index contributed by atoms with van der Waals surface area (Å²) in [5.41, 5.74) is -0.285. The monoisotopic (exact) mass is 355 g/mol. The van der Waals surface area contributed by atoms with E-state index in [2.05, 4.69) is 26.0 Å². The molecule has 2 N–H and O–H groups in total. The number of piperazine rings is 1. The molecule has 1 aliphatic heterocycles. The maximum atomic E-state index is 13.5. The van der Waals surface area contributed by atoms with Gasteiger partial charge in [-0.05, 0) is 22.0 Å². The average molecular weight is 356 g/mol. The van der Waals surface area contributed by atoms with E-state index in [-0.39, 0.29) is 10.2 Å². The first-order chi connectivity index (χ1) is 8.90. The highest BCUT2D eigenvalue weighted by molar-refractivity contribution is 9.10. The van der Waals surface area contributed by atoms with Gasteiger partial charge in [0, 0.05) is 32.2 Å². The second kappa shape index (κ2) is 5.70. The number of nitrogens with zero attached hydrogens (tertiary/aromatic N) is 1. The minimum absolute atomic E-state index is 0.00749. The Balaban J connectivity index is 2.22. The van der Waals surface area contributed by atoms with Gasteiger partial charge in [-0.2, -0.15) is 12.7 Å². The summed E-state index contributed by atoms with van der Waals surface area (Å²) in [4.78, 5) is 0. The quantitative estimate of drug-likeness (QED) is 0.803. The van der Waals surface area contributed by atoms with Gasteiger partial charge in [-0.3, -0.25) is 4.72 Å². The molecule has 2 rings (SSSR count). The van der Waals surface area contributed by atoms with Crippen molar-refractivity contribution in [3.05, 3.63) is 28.2 Å². The van der Waals surface area contributed by atoms with Crippen LogP contribution < -0.4 is 10.0 Å². The molecule has 0 amide bonds. The van der Waals surface area contributed by atoms with Crippen LogP contribution in [0.25, 0.3) is 0 Å². The average Bonchev–Trinajstić information content (AvgIpc) is 2.37. The van der Waals surface area contributed by atoms with Gasteiger partial charge in [0.05, 0.1) is 10.2 Å². The Hall–Kier alpha value is -0.770. The van der Waals surface area contributed by atoms with Crippen molar-refractivity contribution in [2.24, 2.45) is 0 Å². The van der Waals surface area contributed by atoms with Crippen LogP contribution >= 0.6 is 15.9 Å². The van der Waals surface area contributed by atoms with Gasteiger partial charge in [0.1, 0.15) is 11.6 Å². The summed E-state index contributed by atoms with van der Waals surface area (Å²) in [6, 6.07) is 1.68. The summed E-state index contributed by atoms with van der Waals surface area (Å²) in [5, 5.41) is 3.01. The first-order valence-corrected chi connectivity index (χ1v) is 7.76. The fourth-order valence-corrected chi connectivity index (χ4v) is 3.26. The van der Waals surface area contributed by atoms with Gasteiger partial charge in [-0.1, -0.05) is 0 Å². The molecule has 1 saturated heterocycles. The third kappa shape index (κ3) is 3.41. The molecule has 0 spiro atoms. The van der Waals surface area contributed by atoms with Gasteiger partial charge in [0.15, 0.2) is 0 Å². The molecule has 0 aromatic heterocycles. The van der Waals surface area contributed by atoms with E-state index >= 15 is 0 Å². The number of nitrogens with one attached hydrogen (secondary N) is 2. The van der Waals surface area contributed by atoms with Crippen LogP contribution in [0.5, 0.6) is 0 Å². The fourth-order valence-electron chi connectivity index (χ4n) is 1.69. The molecule has 0 unspecified atom stereocenters. The molecule has 9 heteroatoms. The molecule has 0 atom stereocenters. The Bertz CT molecular complexity index is 576. The molecule has 106 valence electrons. The molecular formula is C10H12BrF2N3O2S. The largest absolute Gasteiger partial charge is 0.314 e. The number of hydrogen-bond donors (Lipinski definition) is 2. The minimum Gasteiger partial charge on any atom is -0.314 e. The zero-order valence-corrected chi connectivity index (χ0v) is 12.2. The number of halogens is 3. The third-order valence-electron chi connectivity index (χ3n) is 2.66. The maximum Gasteiger partial charge on any atom is 0.301 e. The molecule has 0 bridgehead atoms. The fraction of sp³-hybridized carbons (Fsp3) is 0.400. The molecule has 1 heterocycles. The predicted molar refractivity (Wildman–Crippen MR) is 71.0 cm³/mol. The molecule has 0 saturated carbocycles. The van der Waals surface area contributed by atoms with Gasteiger partial charge in [0.25, 0.3) is 0 Å². The second-order valence-corrected chi connectivity index (χ2v) is 6.53. The molecule has 1 aromatic carbocycles. The van der Waals surface area contributed by atoms with E-state index in [0.29, 0.717) is 32.2 Å². The summed E-state index contributed by atoms with van der Waals surface area (Å²) in [7, 11) is -3.83. The highest BCUT2D eigenvalue weighted by atomic mass is 79.9. The van der Waals surface area contributed by atoms with Crippen LogP contribution in [-0.2, 0) is 10.2 Å². The van der Waals surface area contributed by atoms with Crippen molar-refractivity contribution in [3.63, 3.8) is 0 Å². The van der Waals surface area contributed by atoms with E-state index in [9.17, 15) is 17.2 Å². The highest BCUT2D eigenvalue weighted by Crippen LogP contribution is 2.25. The van der Waals surface area contributed by atoms with Crippen LogP contribution in [0.4, 0.5) is 14.5 Å². The lowest BCUT2D eigenvalue weighted by molar-refractivity contribution is 0.362. The standard InChI is InChI=1S/C10H12BrF2N3O2S/c11-7-5-10(9(13)6-8(7)12)15-19(17,18)16-3-1-14-2-4-16/h5-6,14-15H,1-4H2. The van der Waals surface area contributed by atoms with Crippen molar-refractivity contribution in [2.75, 3.05) is 30.9 Å². The van der Waals surface area contributed by atoms with Crippen LogP contribution in [-0.4, -0.2) is 38.9 Å². The Morgan fingerprint density at radius 3 is 2.47 bits per heavy atom. The highest BCUT2D eigenvalue weighted by Gasteiger charge is 2.25. The maximum absolute atomic E-state index is 13.5. The Morgan fingerprint density at radius 1 is 1.21 bits per heavy atom. The van der Waals surface area contributed by atoms with Crippen LogP contribution in [0.3, 0.4) is 0 Å². The lowest BCUT2D eigenvalue weighted by Gasteiger charge is -2.27. The Kier molecular flexibility index (Phi) is 4.39. The van der Waals surface area contributed by atoms with E-state index in [4.69, 9.17) is 0 Å². The summed E-state index contributed by atoms with van der Waals surface area (Å²) in [6.45, 7) is 1.69. The van der Waals surface area contributed by atoms with Crippen molar-refractivity contribution in [1.82, 2.24) is 9.62 Å². The zero-order chi connectivity index (χ0) is 14.0. The Morgan fingerprint density at radius 2 is 1.84 bits per heavy atom. The van der Waals surface area contributed by atoms with Crippen molar-refractivity contribution in [1.29, 1.82) is 0 Å². The summed E-state index contributed by atoms with van der Waals surface area (Å²) in [5.74, 6) is -1.75. The SMILES string of the molecule is O=S(=O)(Nc1cc(Br)c(F)cc1F)N1CCNCC1. The summed E-state index contributed by atoms with van der Waals surface area (Å²) in [6.07, 6.45) is 0. The van der Waals surface area contributed by atoms with Gasteiger partial charge >= 0.3 is 10.2 Å². The smallest absolute Gasteiger partial charge is 0.301 e. The lowest BCUT2D eigenvalue weighted by atomic mass is 10.3. The zero-order valence-electron chi connectivity index (χ0n) is 9.79. The van der Waals surface area contributed by atoms with E-state index in [1.807, 2.05) is 0 Å². The van der Waals surface area contributed by atoms with Crippen molar-refractivity contribution in [3.8, 4) is 0 Å². The molecule has 0 aliphatic carbocycles. The topological polar surface area (TPSA) is 61.4 Å². The molecule has 5 nitrogen and oxygen atoms in total. The number of hydrogen-bond acceptors (Lipinski definition) is 3. The summed E-state index contributed by atoms with van der Waals surface area (Å²) < 4.78 is 53.9. The van der Waals surface area contributed by atoms with Gasteiger partial charge in [-0.25, -0.2) is 8.78 Å². The molecule has 0 radical (unpaired) electrons. The first-order valence-electron chi connectivity index (χ1n) is 5.53. The molecule has 1 aliphatic rings. The first kappa shape index (κ1) is 14.6. The van der Waals surface area contributed by atoms with E-state index < -0.39 is 21.8 Å². The van der Waals surface area contributed by atoms with Crippen LogP contribution in [0.15, 0.2) is 16.6 Å². The normalized spacial score (nSPS) is 17.4. The predicted octanol–water partition coefficient (Wildman–Crippen LogP) is 1.29. The van der Waals surface area contributed by atoms with Crippen molar-refractivity contribution >= 4 is 31.8 Å². The third-order valence-corrected chi connectivity index (χ3v) is 4.80. The molecule has 19 heavy (non-hydrogen) atoms. The van der Waals surface area contributed by atoms with Crippen LogP contribution in [0, 0.1) is 11.6 Å². The van der Waals surface area contributed by atoms with Gasteiger partial charge in [0.2, 0.25) is 0 Å². The lowest BCUT2D eigenvalue weighted by Crippen LogP contribution is -2.48. The Labute approximate surface area is 118 Å². The second-order valence-electron chi connectivity index (χ2n) is 4.00. The molecule has 1 aromatic rings.